The number of nitrogens with one attached hydrogen (secondary N) is 1. The summed E-state index contributed by atoms with van der Waals surface area (Å²) in [4.78, 5) is 16.9. The number of carbonyl (C=O) groups excluding carboxylic acids is 1. The van der Waals surface area contributed by atoms with Gasteiger partial charge in [0.15, 0.2) is 11.9 Å². The van der Waals surface area contributed by atoms with Gasteiger partial charge in [-0.15, -0.1) is 0 Å². The Morgan fingerprint density at radius 3 is 2.43 bits per heavy atom. The quantitative estimate of drug-likeness (QED) is 0.600. The zero-order valence-electron chi connectivity index (χ0n) is 15.5. The smallest absolute Gasteiger partial charge is 0.267 e. The van der Waals surface area contributed by atoms with E-state index in [2.05, 4.69) is 14.7 Å². The standard InChI is InChI=1S/C20H20FN3O3S/c1-3-17(27-16-11-7-14(21)8-12-16)19(25)23-20-22-18(24-28-20)13-5-9-15(10-6-13)26-4-2/h5-12,17H,3-4H2,1-2H3,(H,22,23,24,25)/t17-/m0/s1. The molecule has 0 bridgehead atoms. The summed E-state index contributed by atoms with van der Waals surface area (Å²) in [5.74, 6) is 1.03. The fourth-order valence-corrected chi connectivity index (χ4v) is 3.04. The summed E-state index contributed by atoms with van der Waals surface area (Å²) in [5.41, 5.74) is 0.829. The third-order valence-corrected chi connectivity index (χ3v) is 4.47. The van der Waals surface area contributed by atoms with Crippen LogP contribution in [0.15, 0.2) is 48.5 Å². The average molecular weight is 401 g/mol. The van der Waals surface area contributed by atoms with Crippen LogP contribution < -0.4 is 14.8 Å². The molecule has 1 atom stereocenters. The first kappa shape index (κ1) is 19.8. The summed E-state index contributed by atoms with van der Waals surface area (Å²) >= 11 is 1.09. The minimum absolute atomic E-state index is 0.332. The summed E-state index contributed by atoms with van der Waals surface area (Å²) in [5, 5.41) is 3.11. The molecule has 2 aromatic carbocycles. The molecule has 0 saturated heterocycles. The van der Waals surface area contributed by atoms with Crippen molar-refractivity contribution >= 4 is 22.6 Å². The van der Waals surface area contributed by atoms with Crippen molar-refractivity contribution in [3.63, 3.8) is 0 Å². The topological polar surface area (TPSA) is 73.3 Å². The van der Waals surface area contributed by atoms with Crippen molar-refractivity contribution in [2.75, 3.05) is 11.9 Å². The lowest BCUT2D eigenvalue weighted by molar-refractivity contribution is -0.122. The molecule has 28 heavy (non-hydrogen) atoms. The largest absolute Gasteiger partial charge is 0.494 e. The van der Waals surface area contributed by atoms with Crippen molar-refractivity contribution < 1.29 is 18.7 Å². The van der Waals surface area contributed by atoms with Gasteiger partial charge in [0.25, 0.3) is 5.91 Å². The zero-order valence-corrected chi connectivity index (χ0v) is 16.3. The van der Waals surface area contributed by atoms with Crippen molar-refractivity contribution in [1.29, 1.82) is 0 Å². The fourth-order valence-electron chi connectivity index (χ4n) is 2.44. The van der Waals surface area contributed by atoms with Crippen molar-refractivity contribution in [1.82, 2.24) is 9.36 Å². The van der Waals surface area contributed by atoms with Gasteiger partial charge in [0.1, 0.15) is 17.3 Å². The first-order valence-electron chi connectivity index (χ1n) is 8.89. The summed E-state index contributed by atoms with van der Waals surface area (Å²) < 4.78 is 28.3. The van der Waals surface area contributed by atoms with E-state index in [1.54, 1.807) is 0 Å². The third-order valence-electron chi connectivity index (χ3n) is 3.83. The Morgan fingerprint density at radius 1 is 1.11 bits per heavy atom. The van der Waals surface area contributed by atoms with Crippen LogP contribution in [-0.2, 0) is 4.79 Å². The number of halogens is 1. The number of anilines is 1. The van der Waals surface area contributed by atoms with Gasteiger partial charge in [0.05, 0.1) is 6.61 Å². The second-order valence-electron chi connectivity index (χ2n) is 5.84. The molecule has 0 spiro atoms. The first-order chi connectivity index (χ1) is 13.6. The maximum absolute atomic E-state index is 13.0. The third kappa shape index (κ3) is 5.04. The number of aromatic nitrogens is 2. The van der Waals surface area contributed by atoms with E-state index in [0.717, 1.165) is 22.8 Å². The number of hydrogen-bond donors (Lipinski definition) is 1. The van der Waals surface area contributed by atoms with E-state index < -0.39 is 6.10 Å². The van der Waals surface area contributed by atoms with Crippen LogP contribution in [0.5, 0.6) is 11.5 Å². The summed E-state index contributed by atoms with van der Waals surface area (Å²) in [6, 6.07) is 13.0. The molecule has 1 amide bonds. The highest BCUT2D eigenvalue weighted by atomic mass is 32.1. The highest BCUT2D eigenvalue weighted by Gasteiger charge is 2.20. The Labute approximate surface area is 166 Å². The SMILES string of the molecule is CCOc1ccc(-c2nsc(NC(=O)[C@H](CC)Oc3ccc(F)cc3)n2)cc1. The van der Waals surface area contributed by atoms with Crippen LogP contribution in [-0.4, -0.2) is 28.0 Å². The van der Waals surface area contributed by atoms with E-state index in [1.165, 1.54) is 24.3 Å². The number of benzene rings is 2. The Kier molecular flexibility index (Phi) is 6.54. The van der Waals surface area contributed by atoms with Gasteiger partial charge in [0.2, 0.25) is 5.13 Å². The molecule has 0 aliphatic rings. The minimum atomic E-state index is -0.719. The Morgan fingerprint density at radius 2 is 1.79 bits per heavy atom. The molecular formula is C20H20FN3O3S. The summed E-state index contributed by atoms with van der Waals surface area (Å²) in [6.07, 6.45) is -0.267. The number of rotatable bonds is 8. The van der Waals surface area contributed by atoms with E-state index in [-0.39, 0.29) is 11.7 Å². The average Bonchev–Trinajstić information content (AvgIpc) is 3.16. The number of ether oxygens (including phenoxy) is 2. The molecule has 3 rings (SSSR count). The second-order valence-corrected chi connectivity index (χ2v) is 6.59. The molecule has 0 radical (unpaired) electrons. The molecule has 6 nitrogen and oxygen atoms in total. The summed E-state index contributed by atoms with van der Waals surface area (Å²) in [7, 11) is 0. The molecule has 1 aromatic heterocycles. The molecule has 0 aliphatic carbocycles. The molecule has 0 fully saturated rings. The van der Waals surface area contributed by atoms with Crippen molar-refractivity contribution in [2.24, 2.45) is 0 Å². The van der Waals surface area contributed by atoms with Gasteiger partial charge in [-0.2, -0.15) is 9.36 Å². The lowest BCUT2D eigenvalue weighted by atomic mass is 10.2. The van der Waals surface area contributed by atoms with Crippen LogP contribution >= 0.6 is 11.5 Å². The Bertz CT molecular complexity index is 913. The van der Waals surface area contributed by atoms with E-state index in [0.29, 0.717) is 29.7 Å². The van der Waals surface area contributed by atoms with Gasteiger partial charge in [-0.3, -0.25) is 10.1 Å². The monoisotopic (exact) mass is 401 g/mol. The molecule has 0 aliphatic heterocycles. The number of nitrogens with zero attached hydrogens (tertiary/aromatic N) is 2. The fraction of sp³-hybridized carbons (Fsp3) is 0.250. The van der Waals surface area contributed by atoms with Gasteiger partial charge in [-0.1, -0.05) is 6.92 Å². The molecular weight excluding hydrogens is 381 g/mol. The van der Waals surface area contributed by atoms with Crippen molar-refractivity contribution in [3.05, 3.63) is 54.3 Å². The van der Waals surface area contributed by atoms with E-state index >= 15 is 0 Å². The number of amides is 1. The van der Waals surface area contributed by atoms with Crippen LogP contribution in [0.1, 0.15) is 20.3 Å². The van der Waals surface area contributed by atoms with Gasteiger partial charge < -0.3 is 9.47 Å². The van der Waals surface area contributed by atoms with Gasteiger partial charge in [-0.25, -0.2) is 4.39 Å². The molecule has 0 unspecified atom stereocenters. The van der Waals surface area contributed by atoms with Crippen LogP contribution in [0, 0.1) is 5.82 Å². The Hall–Kier alpha value is -3.00. The highest BCUT2D eigenvalue weighted by Crippen LogP contribution is 2.24. The molecule has 3 aromatic rings. The van der Waals surface area contributed by atoms with Gasteiger partial charge in [0, 0.05) is 17.1 Å². The van der Waals surface area contributed by atoms with Crippen LogP contribution in [0.2, 0.25) is 0 Å². The predicted octanol–water partition coefficient (Wildman–Crippen LogP) is 4.54. The molecule has 0 saturated carbocycles. The predicted molar refractivity (Wildman–Crippen MR) is 106 cm³/mol. The number of hydrogen-bond acceptors (Lipinski definition) is 6. The van der Waals surface area contributed by atoms with Crippen molar-refractivity contribution in [3.8, 4) is 22.9 Å². The van der Waals surface area contributed by atoms with E-state index in [4.69, 9.17) is 9.47 Å². The molecule has 1 N–H and O–H groups in total. The van der Waals surface area contributed by atoms with Crippen LogP contribution in [0.4, 0.5) is 9.52 Å². The maximum Gasteiger partial charge on any atom is 0.267 e. The normalized spacial score (nSPS) is 11.7. The van der Waals surface area contributed by atoms with Crippen LogP contribution in [0.25, 0.3) is 11.4 Å². The van der Waals surface area contributed by atoms with Gasteiger partial charge >= 0.3 is 0 Å². The summed E-state index contributed by atoms with van der Waals surface area (Å²) in [6.45, 7) is 4.36. The lowest BCUT2D eigenvalue weighted by Crippen LogP contribution is -2.32. The van der Waals surface area contributed by atoms with E-state index in [1.807, 2.05) is 38.1 Å². The van der Waals surface area contributed by atoms with E-state index in [9.17, 15) is 9.18 Å². The Balaban J connectivity index is 1.64. The van der Waals surface area contributed by atoms with Gasteiger partial charge in [-0.05, 0) is 61.9 Å². The minimum Gasteiger partial charge on any atom is -0.494 e. The van der Waals surface area contributed by atoms with Crippen molar-refractivity contribution in [2.45, 2.75) is 26.4 Å². The highest BCUT2D eigenvalue weighted by molar-refractivity contribution is 7.10. The molecule has 146 valence electrons. The first-order valence-corrected chi connectivity index (χ1v) is 9.66. The second kappa shape index (κ2) is 9.27. The maximum atomic E-state index is 13.0. The zero-order chi connectivity index (χ0) is 19.9. The number of carbonyl (C=O) groups is 1. The molecule has 1 heterocycles. The lowest BCUT2D eigenvalue weighted by Gasteiger charge is -2.16. The molecule has 8 heteroatoms. The van der Waals surface area contributed by atoms with Crippen LogP contribution in [0.3, 0.4) is 0 Å².